The van der Waals surface area contributed by atoms with Gasteiger partial charge >= 0.3 is 5.97 Å². The molecule has 0 aliphatic rings. The van der Waals surface area contributed by atoms with E-state index < -0.39 is 5.97 Å². The van der Waals surface area contributed by atoms with Crippen LogP contribution in [0.4, 0.5) is 21.8 Å². The highest BCUT2D eigenvalue weighted by atomic mass is 19.1. The van der Waals surface area contributed by atoms with Crippen LogP contribution < -0.4 is 11.1 Å². The minimum absolute atomic E-state index is 0.128. The third kappa shape index (κ3) is 3.14. The highest BCUT2D eigenvalue weighted by molar-refractivity contribution is 5.92. The second-order valence-corrected chi connectivity index (χ2v) is 4.98. The number of nitrogens with zero attached hydrogens (tertiary/aromatic N) is 2. The average Bonchev–Trinajstić information content (AvgIpc) is 2.57. The Hall–Kier alpha value is -3.48. The molecule has 0 fully saturated rings. The Balaban J connectivity index is 1.91. The van der Waals surface area contributed by atoms with Crippen molar-refractivity contribution in [3.8, 4) is 11.1 Å². The zero-order chi connectivity index (χ0) is 17.1. The van der Waals surface area contributed by atoms with Crippen molar-refractivity contribution < 1.29 is 14.3 Å². The Kier molecular flexibility index (Phi) is 4.07. The predicted molar refractivity (Wildman–Crippen MR) is 88.5 cm³/mol. The second-order valence-electron chi connectivity index (χ2n) is 4.98. The van der Waals surface area contributed by atoms with Gasteiger partial charge < -0.3 is 16.2 Å². The van der Waals surface area contributed by atoms with E-state index in [4.69, 9.17) is 10.8 Å². The van der Waals surface area contributed by atoms with Crippen molar-refractivity contribution in [2.45, 2.75) is 0 Å². The summed E-state index contributed by atoms with van der Waals surface area (Å²) in [6.45, 7) is 0. The third-order valence-electron chi connectivity index (χ3n) is 3.36. The fourth-order valence-electron chi connectivity index (χ4n) is 2.19. The number of benzene rings is 2. The second kappa shape index (κ2) is 6.33. The highest BCUT2D eigenvalue weighted by Crippen LogP contribution is 2.27. The first-order valence-corrected chi connectivity index (χ1v) is 7.02. The zero-order valence-electron chi connectivity index (χ0n) is 12.4. The van der Waals surface area contributed by atoms with E-state index in [2.05, 4.69) is 15.3 Å². The zero-order valence-corrected chi connectivity index (χ0v) is 12.4. The summed E-state index contributed by atoms with van der Waals surface area (Å²) in [5.41, 5.74) is 7.13. The standard InChI is InChI=1S/C17H13FN4O2/c18-14-7-6-11(8-12(14)10-4-2-1-3-5-10)21-17-20-9-13(16(23)24)15(19)22-17/h1-9H,(H,23,24)(H3,19,20,21,22). The van der Waals surface area contributed by atoms with E-state index >= 15 is 0 Å². The topological polar surface area (TPSA) is 101 Å². The Morgan fingerprint density at radius 1 is 1.17 bits per heavy atom. The number of rotatable bonds is 4. The molecule has 3 aromatic rings. The first-order valence-electron chi connectivity index (χ1n) is 7.02. The maximum absolute atomic E-state index is 14.1. The number of carboxylic acids is 1. The van der Waals surface area contributed by atoms with Gasteiger partial charge in [-0.3, -0.25) is 0 Å². The molecule has 24 heavy (non-hydrogen) atoms. The smallest absolute Gasteiger partial charge is 0.341 e. The molecular weight excluding hydrogens is 311 g/mol. The lowest BCUT2D eigenvalue weighted by molar-refractivity contribution is 0.0697. The number of aromatic nitrogens is 2. The van der Waals surface area contributed by atoms with Crippen LogP contribution in [-0.4, -0.2) is 21.0 Å². The van der Waals surface area contributed by atoms with Gasteiger partial charge in [0.2, 0.25) is 5.95 Å². The summed E-state index contributed by atoms with van der Waals surface area (Å²) in [5.74, 6) is -1.57. The van der Waals surface area contributed by atoms with Crippen LogP contribution in [0, 0.1) is 5.82 Å². The maximum Gasteiger partial charge on any atom is 0.341 e. The average molecular weight is 324 g/mol. The van der Waals surface area contributed by atoms with Crippen LogP contribution in [0.5, 0.6) is 0 Å². The summed E-state index contributed by atoms with van der Waals surface area (Å²) in [7, 11) is 0. The van der Waals surface area contributed by atoms with E-state index in [9.17, 15) is 9.18 Å². The van der Waals surface area contributed by atoms with E-state index in [0.717, 1.165) is 11.8 Å². The van der Waals surface area contributed by atoms with E-state index in [-0.39, 0.29) is 23.1 Å². The lowest BCUT2D eigenvalue weighted by Crippen LogP contribution is -2.08. The number of nitrogens with two attached hydrogens (primary N) is 1. The molecule has 0 spiro atoms. The van der Waals surface area contributed by atoms with Gasteiger partial charge in [0.25, 0.3) is 0 Å². The Morgan fingerprint density at radius 2 is 1.92 bits per heavy atom. The quantitative estimate of drug-likeness (QED) is 0.680. The molecule has 6 nitrogen and oxygen atoms in total. The first kappa shape index (κ1) is 15.4. The molecule has 120 valence electrons. The van der Waals surface area contributed by atoms with E-state index in [1.807, 2.05) is 18.2 Å². The molecular formula is C17H13FN4O2. The largest absolute Gasteiger partial charge is 0.477 e. The molecule has 1 heterocycles. The molecule has 4 N–H and O–H groups in total. The molecule has 0 aliphatic heterocycles. The van der Waals surface area contributed by atoms with Gasteiger partial charge in [-0.1, -0.05) is 30.3 Å². The number of nitrogen functional groups attached to an aromatic ring is 1. The number of anilines is 3. The lowest BCUT2D eigenvalue weighted by Gasteiger charge is -2.09. The fraction of sp³-hybridized carbons (Fsp3) is 0. The Bertz CT molecular complexity index is 900. The van der Waals surface area contributed by atoms with Crippen LogP contribution in [0.15, 0.2) is 54.7 Å². The normalized spacial score (nSPS) is 10.4. The molecule has 1 aromatic heterocycles. The van der Waals surface area contributed by atoms with Gasteiger partial charge in [-0.05, 0) is 23.8 Å². The van der Waals surface area contributed by atoms with Gasteiger partial charge in [-0.25, -0.2) is 14.2 Å². The molecule has 0 radical (unpaired) electrons. The Labute approximate surface area is 136 Å². The van der Waals surface area contributed by atoms with Crippen molar-refractivity contribution in [2.75, 3.05) is 11.1 Å². The summed E-state index contributed by atoms with van der Waals surface area (Å²) in [6.07, 6.45) is 1.12. The van der Waals surface area contributed by atoms with Crippen LogP contribution in [0.25, 0.3) is 11.1 Å². The van der Waals surface area contributed by atoms with E-state index in [1.54, 1.807) is 18.2 Å². The van der Waals surface area contributed by atoms with Gasteiger partial charge in [-0.15, -0.1) is 0 Å². The minimum atomic E-state index is -1.20. The van der Waals surface area contributed by atoms with Crippen LogP contribution in [0.2, 0.25) is 0 Å². The summed E-state index contributed by atoms with van der Waals surface area (Å²) in [5, 5.41) is 11.8. The highest BCUT2D eigenvalue weighted by Gasteiger charge is 2.12. The van der Waals surface area contributed by atoms with Crippen molar-refractivity contribution in [2.24, 2.45) is 0 Å². The summed E-state index contributed by atoms with van der Waals surface area (Å²) in [4.78, 5) is 18.7. The number of hydrogen-bond donors (Lipinski definition) is 3. The van der Waals surface area contributed by atoms with Gasteiger partial charge in [0.1, 0.15) is 17.2 Å². The van der Waals surface area contributed by atoms with Gasteiger partial charge in [0.15, 0.2) is 0 Å². The predicted octanol–water partition coefficient (Wildman–Crippen LogP) is 3.31. The molecule has 0 unspecified atom stereocenters. The van der Waals surface area contributed by atoms with Crippen molar-refractivity contribution in [1.29, 1.82) is 0 Å². The summed E-state index contributed by atoms with van der Waals surface area (Å²) >= 11 is 0. The number of carboxylic acid groups (broad SMARTS) is 1. The van der Waals surface area contributed by atoms with Crippen molar-refractivity contribution in [3.05, 3.63) is 66.1 Å². The van der Waals surface area contributed by atoms with Gasteiger partial charge in [0, 0.05) is 17.4 Å². The Morgan fingerprint density at radius 3 is 2.58 bits per heavy atom. The van der Waals surface area contributed by atoms with Crippen LogP contribution >= 0.6 is 0 Å². The molecule has 0 saturated heterocycles. The minimum Gasteiger partial charge on any atom is -0.477 e. The molecule has 0 saturated carbocycles. The fourth-order valence-corrected chi connectivity index (χ4v) is 2.19. The number of hydrogen-bond acceptors (Lipinski definition) is 5. The molecule has 7 heteroatoms. The number of carbonyl (C=O) groups is 1. The molecule has 0 aliphatic carbocycles. The molecule has 2 aromatic carbocycles. The van der Waals surface area contributed by atoms with Crippen molar-refractivity contribution in [3.63, 3.8) is 0 Å². The van der Waals surface area contributed by atoms with Crippen LogP contribution in [0.3, 0.4) is 0 Å². The van der Waals surface area contributed by atoms with Crippen molar-refractivity contribution in [1.82, 2.24) is 9.97 Å². The van der Waals surface area contributed by atoms with Gasteiger partial charge in [-0.2, -0.15) is 4.98 Å². The first-order chi connectivity index (χ1) is 11.5. The summed E-state index contributed by atoms with van der Waals surface area (Å²) < 4.78 is 14.1. The maximum atomic E-state index is 14.1. The third-order valence-corrected chi connectivity index (χ3v) is 3.36. The van der Waals surface area contributed by atoms with E-state index in [1.165, 1.54) is 12.1 Å². The van der Waals surface area contributed by atoms with E-state index in [0.29, 0.717) is 11.3 Å². The van der Waals surface area contributed by atoms with Crippen LogP contribution in [-0.2, 0) is 0 Å². The molecule has 0 atom stereocenters. The number of aromatic carboxylic acids is 1. The summed E-state index contributed by atoms with van der Waals surface area (Å²) in [6, 6.07) is 13.6. The van der Waals surface area contributed by atoms with Crippen molar-refractivity contribution >= 4 is 23.4 Å². The van der Waals surface area contributed by atoms with Gasteiger partial charge in [0.05, 0.1) is 0 Å². The monoisotopic (exact) mass is 324 g/mol. The number of nitrogens with one attached hydrogen (secondary N) is 1. The molecule has 0 amide bonds. The molecule has 3 rings (SSSR count). The molecule has 0 bridgehead atoms. The SMILES string of the molecule is Nc1nc(Nc2ccc(F)c(-c3ccccc3)c2)ncc1C(=O)O. The van der Waals surface area contributed by atoms with Crippen LogP contribution in [0.1, 0.15) is 10.4 Å². The number of halogens is 1. The lowest BCUT2D eigenvalue weighted by atomic mass is 10.0.